The van der Waals surface area contributed by atoms with E-state index in [1.165, 1.54) is 12.3 Å². The minimum atomic E-state index is -4.16. The lowest BCUT2D eigenvalue weighted by Crippen LogP contribution is -2.48. The summed E-state index contributed by atoms with van der Waals surface area (Å²) in [4.78, 5) is 7.56. The Morgan fingerprint density at radius 2 is 1.94 bits per heavy atom. The van der Waals surface area contributed by atoms with E-state index in [1.807, 2.05) is 0 Å². The number of thiazole rings is 1. The summed E-state index contributed by atoms with van der Waals surface area (Å²) in [5, 5.41) is 21.8. The summed E-state index contributed by atoms with van der Waals surface area (Å²) in [7, 11) is 0. The van der Waals surface area contributed by atoms with E-state index < -0.39 is 41.0 Å². The average Bonchev–Trinajstić information content (AvgIpc) is 3.39. The van der Waals surface area contributed by atoms with Gasteiger partial charge >= 0.3 is 5.92 Å². The van der Waals surface area contributed by atoms with E-state index in [9.17, 15) is 13.9 Å². The van der Waals surface area contributed by atoms with E-state index in [1.54, 1.807) is 0 Å². The topological polar surface area (TPSA) is 125 Å². The van der Waals surface area contributed by atoms with Gasteiger partial charge in [0, 0.05) is 11.6 Å². The first-order chi connectivity index (χ1) is 15.2. The maximum atomic E-state index is 15.6. The predicted molar refractivity (Wildman–Crippen MR) is 103 cm³/mol. The number of tetrazole rings is 1. The molecule has 0 amide bonds. The molecule has 0 fully saturated rings. The van der Waals surface area contributed by atoms with Gasteiger partial charge in [0.05, 0.1) is 18.9 Å². The lowest BCUT2D eigenvalue weighted by molar-refractivity contribution is -0.207. The highest BCUT2D eigenvalue weighted by Crippen LogP contribution is 2.47. The Morgan fingerprint density at radius 3 is 2.53 bits per heavy atom. The van der Waals surface area contributed by atoms with E-state index in [2.05, 4.69) is 25.5 Å². The third-order valence-electron chi connectivity index (χ3n) is 4.44. The summed E-state index contributed by atoms with van der Waals surface area (Å²) < 4.78 is 65.2. The predicted octanol–water partition coefficient (Wildman–Crippen LogP) is 2.86. The molecule has 1 aromatic carbocycles. The fourth-order valence-corrected chi connectivity index (χ4v) is 3.47. The van der Waals surface area contributed by atoms with E-state index in [0.29, 0.717) is 11.1 Å². The first kappa shape index (κ1) is 21.6. The number of ether oxygens (including phenoxy) is 1. The Morgan fingerprint density at radius 1 is 1.12 bits per heavy atom. The minimum Gasteiger partial charge on any atom is -0.429 e. The molecule has 3 N–H and O–H groups in total. The van der Waals surface area contributed by atoms with E-state index in [0.717, 1.165) is 46.7 Å². The number of rotatable bonds is 7. The van der Waals surface area contributed by atoms with Gasteiger partial charge in [-0.2, -0.15) is 8.78 Å². The van der Waals surface area contributed by atoms with Crippen LogP contribution in [0.15, 0.2) is 49.1 Å². The third kappa shape index (κ3) is 3.97. The molecule has 3 heterocycles. The van der Waals surface area contributed by atoms with Gasteiger partial charge in [-0.05, 0) is 34.7 Å². The Labute approximate surface area is 181 Å². The van der Waals surface area contributed by atoms with Crippen LogP contribution in [0.4, 0.5) is 22.6 Å². The van der Waals surface area contributed by atoms with Gasteiger partial charge in [0.2, 0.25) is 0 Å². The lowest BCUT2D eigenvalue weighted by atomic mass is 9.84. The van der Waals surface area contributed by atoms with Gasteiger partial charge in [0.1, 0.15) is 34.4 Å². The number of aromatic nitrogens is 6. The summed E-state index contributed by atoms with van der Waals surface area (Å²) >= 11 is 1.03. The fourth-order valence-electron chi connectivity index (χ4n) is 2.92. The highest BCUT2D eigenvalue weighted by molar-refractivity contribution is 7.17. The maximum Gasteiger partial charge on any atom is 0.323 e. The van der Waals surface area contributed by atoms with Crippen LogP contribution in [0, 0.1) is 11.6 Å². The molecule has 0 saturated heterocycles. The summed E-state index contributed by atoms with van der Waals surface area (Å²) in [6, 6.07) is 3.95. The van der Waals surface area contributed by atoms with E-state index in [-0.39, 0.29) is 10.9 Å². The van der Waals surface area contributed by atoms with Crippen molar-refractivity contribution in [1.29, 1.82) is 0 Å². The Balaban J connectivity index is 1.72. The summed E-state index contributed by atoms with van der Waals surface area (Å²) in [5.41, 5.74) is 0.573. The van der Waals surface area contributed by atoms with E-state index in [4.69, 9.17) is 10.5 Å². The second-order valence-electron chi connectivity index (χ2n) is 6.58. The molecule has 4 rings (SSSR count). The van der Waals surface area contributed by atoms with Gasteiger partial charge in [0.25, 0.3) is 5.19 Å². The number of alkyl halides is 2. The maximum absolute atomic E-state index is 15.6. The van der Waals surface area contributed by atoms with Crippen LogP contribution in [-0.4, -0.2) is 35.3 Å². The van der Waals surface area contributed by atoms with Crippen molar-refractivity contribution in [2.24, 2.45) is 0 Å². The van der Waals surface area contributed by atoms with Crippen molar-refractivity contribution in [3.05, 3.63) is 71.9 Å². The first-order valence-electron chi connectivity index (χ1n) is 8.81. The average molecular weight is 467 g/mol. The van der Waals surface area contributed by atoms with Gasteiger partial charge in [-0.1, -0.05) is 11.3 Å². The van der Waals surface area contributed by atoms with Gasteiger partial charge in [-0.25, -0.2) is 18.4 Å². The van der Waals surface area contributed by atoms with Gasteiger partial charge in [0.15, 0.2) is 5.60 Å². The van der Waals surface area contributed by atoms with Crippen molar-refractivity contribution in [2.45, 2.75) is 18.1 Å². The second-order valence-corrected chi connectivity index (χ2v) is 7.60. The number of anilines is 1. The van der Waals surface area contributed by atoms with Crippen LogP contribution in [0.1, 0.15) is 11.3 Å². The summed E-state index contributed by atoms with van der Waals surface area (Å²) in [6.45, 7) is -0.951. The van der Waals surface area contributed by atoms with Crippen LogP contribution >= 0.6 is 11.3 Å². The van der Waals surface area contributed by atoms with Crippen molar-refractivity contribution in [2.75, 3.05) is 5.73 Å². The lowest BCUT2D eigenvalue weighted by Gasteiger charge is -2.35. The SMILES string of the molecule is Nc1cnc(Oc2ccc(C(F)(F)C(O)(Cn3cnnn3)c3ccc(F)cc3F)nc2)s1. The Hall–Kier alpha value is -3.65. The van der Waals surface area contributed by atoms with Crippen LogP contribution in [-0.2, 0) is 18.1 Å². The number of pyridine rings is 1. The zero-order valence-electron chi connectivity index (χ0n) is 15.9. The minimum absolute atomic E-state index is 0.0795. The second kappa shape index (κ2) is 8.12. The largest absolute Gasteiger partial charge is 0.429 e. The summed E-state index contributed by atoms with van der Waals surface area (Å²) in [5.74, 6) is -6.46. The standard InChI is InChI=1S/C18H13F4N7O2S/c19-10-1-3-12(13(20)5-10)17(30,8-29-9-26-27-28-29)18(21,22)14-4-2-11(6-24-14)31-16-25-7-15(23)32-16/h1-7,9,30H,8,23H2. The number of benzene rings is 1. The van der Waals surface area contributed by atoms with Crippen molar-refractivity contribution in [3.63, 3.8) is 0 Å². The molecule has 0 bridgehead atoms. The molecular formula is C18H13F4N7O2S. The molecule has 4 aromatic rings. The molecule has 14 heteroatoms. The number of nitrogens with two attached hydrogens (primary N) is 1. The number of hydrogen-bond donors (Lipinski definition) is 2. The Kier molecular flexibility index (Phi) is 5.48. The van der Waals surface area contributed by atoms with Crippen molar-refractivity contribution in [1.82, 2.24) is 30.2 Å². The van der Waals surface area contributed by atoms with Crippen LogP contribution in [0.3, 0.4) is 0 Å². The number of nitrogen functional groups attached to an aromatic ring is 1. The van der Waals surface area contributed by atoms with Crippen LogP contribution < -0.4 is 10.5 Å². The number of hydrogen-bond acceptors (Lipinski definition) is 9. The zero-order valence-corrected chi connectivity index (χ0v) is 16.7. The van der Waals surface area contributed by atoms with Crippen LogP contribution in [0.2, 0.25) is 0 Å². The number of halogens is 4. The molecule has 0 radical (unpaired) electrons. The molecule has 166 valence electrons. The first-order valence-corrected chi connectivity index (χ1v) is 9.63. The summed E-state index contributed by atoms with van der Waals surface area (Å²) in [6.07, 6.45) is 3.32. The van der Waals surface area contributed by atoms with Crippen molar-refractivity contribution in [3.8, 4) is 10.9 Å². The third-order valence-corrected chi connectivity index (χ3v) is 5.15. The fraction of sp³-hybridized carbons (Fsp3) is 0.167. The molecule has 0 aliphatic heterocycles. The van der Waals surface area contributed by atoms with Crippen molar-refractivity contribution >= 4 is 16.3 Å². The zero-order chi connectivity index (χ0) is 22.9. The highest BCUT2D eigenvalue weighted by atomic mass is 32.1. The molecule has 9 nitrogen and oxygen atoms in total. The molecule has 0 spiro atoms. The van der Waals surface area contributed by atoms with Gasteiger partial charge < -0.3 is 15.6 Å². The number of aliphatic hydroxyl groups is 1. The molecule has 1 atom stereocenters. The molecule has 1 unspecified atom stereocenters. The van der Waals surface area contributed by atoms with Crippen molar-refractivity contribution < 1.29 is 27.4 Å². The van der Waals surface area contributed by atoms with Gasteiger partial charge in [-0.15, -0.1) is 5.10 Å². The molecule has 0 aliphatic carbocycles. The molecule has 0 aliphatic rings. The smallest absolute Gasteiger partial charge is 0.323 e. The van der Waals surface area contributed by atoms with Gasteiger partial charge in [-0.3, -0.25) is 4.98 Å². The monoisotopic (exact) mass is 467 g/mol. The van der Waals surface area contributed by atoms with E-state index >= 15 is 8.78 Å². The molecule has 32 heavy (non-hydrogen) atoms. The van der Waals surface area contributed by atoms with Crippen LogP contribution in [0.25, 0.3) is 0 Å². The molecule has 0 saturated carbocycles. The number of nitrogens with zero attached hydrogens (tertiary/aromatic N) is 6. The molecule has 3 aromatic heterocycles. The Bertz CT molecular complexity index is 1220. The highest BCUT2D eigenvalue weighted by Gasteiger charge is 2.58. The molecular weight excluding hydrogens is 454 g/mol. The normalized spacial score (nSPS) is 13.7. The quantitative estimate of drug-likeness (QED) is 0.398. The van der Waals surface area contributed by atoms with Crippen LogP contribution in [0.5, 0.6) is 10.9 Å².